The molecule has 2 rings (SSSR count). The van der Waals surface area contributed by atoms with Gasteiger partial charge in [0.15, 0.2) is 5.11 Å². The van der Waals surface area contributed by atoms with Crippen LogP contribution >= 0.6 is 23.6 Å². The third-order valence-electron chi connectivity index (χ3n) is 3.00. The minimum atomic E-state index is -0.447. The van der Waals surface area contributed by atoms with Gasteiger partial charge in [0.2, 0.25) is 0 Å². The molecule has 0 aliphatic rings. The summed E-state index contributed by atoms with van der Waals surface area (Å²) in [4.78, 5) is 28.6. The Kier molecular flexibility index (Phi) is 6.21. The van der Waals surface area contributed by atoms with Crippen molar-refractivity contribution in [1.29, 1.82) is 0 Å². The van der Waals surface area contributed by atoms with E-state index in [1.54, 1.807) is 18.2 Å². The van der Waals surface area contributed by atoms with Gasteiger partial charge in [0.25, 0.3) is 5.91 Å². The monoisotopic (exact) mass is 364 g/mol. The van der Waals surface area contributed by atoms with Gasteiger partial charge in [-0.15, -0.1) is 11.3 Å². The minimum Gasteiger partial charge on any atom is -0.465 e. The van der Waals surface area contributed by atoms with Gasteiger partial charge in [-0.2, -0.15) is 0 Å². The molecule has 0 saturated carbocycles. The molecule has 0 bridgehead atoms. The summed E-state index contributed by atoms with van der Waals surface area (Å²) in [5, 5.41) is 3.62. The van der Waals surface area contributed by atoms with Crippen LogP contribution in [-0.4, -0.2) is 29.1 Å². The summed E-state index contributed by atoms with van der Waals surface area (Å²) >= 11 is 6.54. The second kappa shape index (κ2) is 8.37. The number of hydrogen-bond donors (Lipinski definition) is 3. The second-order valence-electron chi connectivity index (χ2n) is 4.57. The maximum absolute atomic E-state index is 11.9. The Bertz CT molecular complexity index is 746. The number of nitrogens with one attached hydrogen (secondary N) is 3. The molecule has 7 nitrogen and oxygen atoms in total. The highest BCUT2D eigenvalue weighted by atomic mass is 32.1. The molecular weight excluding hydrogens is 348 g/mol. The average Bonchev–Trinajstić information content (AvgIpc) is 3.02. The summed E-state index contributed by atoms with van der Waals surface area (Å²) in [5.41, 5.74) is 5.92. The predicted octanol–water partition coefficient (Wildman–Crippen LogP) is 2.12. The molecule has 3 N–H and O–H groups in total. The molecule has 0 atom stereocenters. The van der Waals surface area contributed by atoms with E-state index in [1.165, 1.54) is 30.8 Å². The number of thiophene rings is 1. The molecule has 0 aliphatic carbocycles. The number of rotatable bonds is 4. The Morgan fingerprint density at radius 3 is 2.62 bits per heavy atom. The van der Waals surface area contributed by atoms with Gasteiger partial charge in [0, 0.05) is 22.8 Å². The van der Waals surface area contributed by atoms with Gasteiger partial charge in [-0.3, -0.25) is 20.6 Å². The van der Waals surface area contributed by atoms with Crippen LogP contribution in [0.3, 0.4) is 0 Å². The van der Waals surface area contributed by atoms with Gasteiger partial charge in [-0.1, -0.05) is 6.92 Å². The molecule has 2 heterocycles. The Morgan fingerprint density at radius 2 is 2.00 bits per heavy atom. The van der Waals surface area contributed by atoms with Crippen molar-refractivity contribution in [3.8, 4) is 0 Å². The van der Waals surface area contributed by atoms with Gasteiger partial charge < -0.3 is 10.1 Å². The number of aryl methyl sites for hydroxylation is 1. The van der Waals surface area contributed by atoms with Gasteiger partial charge in [-0.05, 0) is 36.8 Å². The molecule has 24 heavy (non-hydrogen) atoms. The van der Waals surface area contributed by atoms with Crippen LogP contribution in [0, 0.1) is 0 Å². The number of ether oxygens (including phenoxy) is 1. The average molecular weight is 364 g/mol. The molecule has 0 saturated heterocycles. The first-order valence-electron chi connectivity index (χ1n) is 7.03. The number of thiocarbonyl (C=S) groups is 1. The molecule has 1 amide bonds. The number of carbonyl (C=O) groups excluding carboxylic acids is 2. The van der Waals surface area contributed by atoms with E-state index in [4.69, 9.17) is 17.0 Å². The number of anilines is 1. The summed E-state index contributed by atoms with van der Waals surface area (Å²) in [6.45, 7) is 1.99. The summed E-state index contributed by atoms with van der Waals surface area (Å²) in [5.74, 6) is -0.799. The smallest absolute Gasteiger partial charge is 0.340 e. The van der Waals surface area contributed by atoms with Crippen LogP contribution in [0.25, 0.3) is 0 Å². The number of aromatic nitrogens is 1. The van der Waals surface area contributed by atoms with Crippen LogP contribution in [0.5, 0.6) is 0 Å². The van der Waals surface area contributed by atoms with E-state index in [-0.39, 0.29) is 11.0 Å². The van der Waals surface area contributed by atoms with Crippen LogP contribution in [0.2, 0.25) is 0 Å². The van der Waals surface area contributed by atoms with E-state index in [1.807, 2.05) is 6.92 Å². The number of pyridine rings is 1. The van der Waals surface area contributed by atoms with Crippen LogP contribution < -0.4 is 16.2 Å². The largest absolute Gasteiger partial charge is 0.465 e. The van der Waals surface area contributed by atoms with Crippen LogP contribution in [-0.2, 0) is 11.2 Å². The van der Waals surface area contributed by atoms with Crippen molar-refractivity contribution in [1.82, 2.24) is 15.8 Å². The SMILES string of the molecule is CCc1cc(C(=O)OC)c(NC(=S)NNC(=O)c2ccncc2)s1. The van der Waals surface area contributed by atoms with E-state index < -0.39 is 5.97 Å². The first kappa shape index (κ1) is 17.8. The van der Waals surface area contributed by atoms with Crippen molar-refractivity contribution < 1.29 is 14.3 Å². The lowest BCUT2D eigenvalue weighted by atomic mass is 10.2. The van der Waals surface area contributed by atoms with Crippen molar-refractivity contribution in [2.45, 2.75) is 13.3 Å². The van der Waals surface area contributed by atoms with Crippen molar-refractivity contribution in [3.63, 3.8) is 0 Å². The Morgan fingerprint density at radius 1 is 1.29 bits per heavy atom. The zero-order valence-corrected chi connectivity index (χ0v) is 14.7. The maximum atomic E-state index is 11.9. The molecule has 0 aromatic carbocycles. The Balaban J connectivity index is 1.98. The summed E-state index contributed by atoms with van der Waals surface area (Å²) < 4.78 is 4.76. The number of methoxy groups -OCH3 is 1. The topological polar surface area (TPSA) is 92.4 Å². The molecule has 0 unspecified atom stereocenters. The van der Waals surface area contributed by atoms with E-state index in [0.717, 1.165) is 11.3 Å². The number of nitrogens with zero attached hydrogens (tertiary/aromatic N) is 1. The van der Waals surface area contributed by atoms with Crippen LogP contribution in [0.4, 0.5) is 5.00 Å². The van der Waals surface area contributed by atoms with Crippen molar-refractivity contribution in [2.24, 2.45) is 0 Å². The second-order valence-corrected chi connectivity index (χ2v) is 6.11. The standard InChI is InChI=1S/C15H16N4O3S2/c1-3-10-8-11(14(21)22-2)13(24-10)17-15(23)19-18-12(20)9-4-6-16-7-5-9/h4-8H,3H2,1-2H3,(H,18,20)(H2,17,19,23). The van der Waals surface area contributed by atoms with E-state index in [2.05, 4.69) is 21.2 Å². The molecule has 0 spiro atoms. The normalized spacial score (nSPS) is 9.92. The van der Waals surface area contributed by atoms with Crippen LogP contribution in [0.15, 0.2) is 30.6 Å². The van der Waals surface area contributed by atoms with Gasteiger partial charge in [-0.25, -0.2) is 4.79 Å². The lowest BCUT2D eigenvalue weighted by molar-refractivity contribution is 0.0602. The van der Waals surface area contributed by atoms with Crippen LogP contribution in [0.1, 0.15) is 32.5 Å². The lowest BCUT2D eigenvalue weighted by Gasteiger charge is -2.11. The van der Waals surface area contributed by atoms with Crippen molar-refractivity contribution in [3.05, 3.63) is 46.6 Å². The van der Waals surface area contributed by atoms with Gasteiger partial charge in [0.05, 0.1) is 12.7 Å². The highest BCUT2D eigenvalue weighted by Crippen LogP contribution is 2.29. The third kappa shape index (κ3) is 4.49. The summed E-state index contributed by atoms with van der Waals surface area (Å²) in [7, 11) is 1.32. The van der Waals surface area contributed by atoms with Gasteiger partial charge >= 0.3 is 5.97 Å². The number of amides is 1. The minimum absolute atomic E-state index is 0.159. The molecular formula is C15H16N4O3S2. The fourth-order valence-corrected chi connectivity index (χ4v) is 3.00. The zero-order valence-electron chi connectivity index (χ0n) is 13.1. The Labute approximate surface area is 148 Å². The molecule has 0 radical (unpaired) electrons. The zero-order chi connectivity index (χ0) is 17.5. The molecule has 9 heteroatoms. The van der Waals surface area contributed by atoms with E-state index in [0.29, 0.717) is 16.1 Å². The molecule has 0 fully saturated rings. The summed E-state index contributed by atoms with van der Waals surface area (Å²) in [6, 6.07) is 4.92. The predicted molar refractivity (Wildman–Crippen MR) is 96.1 cm³/mol. The number of esters is 1. The highest BCUT2D eigenvalue weighted by molar-refractivity contribution is 7.80. The summed E-state index contributed by atoms with van der Waals surface area (Å²) in [6.07, 6.45) is 3.83. The fraction of sp³-hybridized carbons (Fsp3) is 0.200. The fourth-order valence-electron chi connectivity index (χ4n) is 1.79. The first-order chi connectivity index (χ1) is 11.5. The molecule has 126 valence electrons. The molecule has 0 aliphatic heterocycles. The highest BCUT2D eigenvalue weighted by Gasteiger charge is 2.17. The van der Waals surface area contributed by atoms with Gasteiger partial charge in [0.1, 0.15) is 5.00 Å². The Hall–Kier alpha value is -2.52. The molecule has 2 aromatic rings. The lowest BCUT2D eigenvalue weighted by Crippen LogP contribution is -2.43. The number of carbonyl (C=O) groups is 2. The van der Waals surface area contributed by atoms with Crippen molar-refractivity contribution in [2.75, 3.05) is 12.4 Å². The first-order valence-corrected chi connectivity index (χ1v) is 8.26. The van der Waals surface area contributed by atoms with E-state index >= 15 is 0 Å². The third-order valence-corrected chi connectivity index (χ3v) is 4.39. The van der Waals surface area contributed by atoms with E-state index in [9.17, 15) is 9.59 Å². The maximum Gasteiger partial charge on any atom is 0.340 e. The van der Waals surface area contributed by atoms with Crippen molar-refractivity contribution >= 4 is 45.5 Å². The number of hydrazine groups is 1. The number of hydrogen-bond acceptors (Lipinski definition) is 6. The quantitative estimate of drug-likeness (QED) is 0.435. The molecule has 2 aromatic heterocycles.